The van der Waals surface area contributed by atoms with Crippen LogP contribution in [0.5, 0.6) is 0 Å². The van der Waals surface area contributed by atoms with Crippen LogP contribution in [0.15, 0.2) is 40.8 Å². The van der Waals surface area contributed by atoms with Crippen molar-refractivity contribution in [1.82, 2.24) is 30.7 Å². The van der Waals surface area contributed by atoms with Gasteiger partial charge in [-0.2, -0.15) is 0 Å². The summed E-state index contributed by atoms with van der Waals surface area (Å²) in [6.07, 6.45) is 0. The Labute approximate surface area is 206 Å². The van der Waals surface area contributed by atoms with Gasteiger partial charge in [0.2, 0.25) is 0 Å². The number of rotatable bonds is 7. The van der Waals surface area contributed by atoms with E-state index in [1.807, 2.05) is 44.1 Å². The number of nitrogens with zero attached hydrogens (tertiary/aromatic N) is 3. The Hall–Kier alpha value is -4.25. The van der Waals surface area contributed by atoms with Crippen LogP contribution in [0, 0.1) is 6.92 Å². The van der Waals surface area contributed by atoms with Crippen LogP contribution in [0.4, 0.5) is 4.79 Å². The minimum absolute atomic E-state index is 0.124. The van der Waals surface area contributed by atoms with E-state index < -0.39 is 17.5 Å². The van der Waals surface area contributed by atoms with Gasteiger partial charge >= 0.3 is 6.03 Å². The summed E-state index contributed by atoms with van der Waals surface area (Å²) in [5.74, 6) is -1.07. The number of likely N-dealkylation sites (N-methyl/N-ethyl adjacent to an activating group) is 1. The second-order valence-corrected chi connectivity index (χ2v) is 9.39. The first-order chi connectivity index (χ1) is 17.2. The number of nitrogens with one attached hydrogen (secondary N) is 3. The van der Waals surface area contributed by atoms with E-state index in [0.717, 1.165) is 11.1 Å². The number of aromatic nitrogens is 1. The summed E-state index contributed by atoms with van der Waals surface area (Å²) in [5, 5.41) is 7.72. The molecular formula is C25H26N6O5. The first-order valence-corrected chi connectivity index (χ1v) is 11.5. The molecule has 5 amide bonds. The Morgan fingerprint density at radius 2 is 2.00 bits per heavy atom. The van der Waals surface area contributed by atoms with Crippen LogP contribution >= 0.6 is 0 Å². The monoisotopic (exact) mass is 490 g/mol. The van der Waals surface area contributed by atoms with E-state index in [0.29, 0.717) is 36.3 Å². The zero-order chi connectivity index (χ0) is 25.6. The average molecular weight is 491 g/mol. The van der Waals surface area contributed by atoms with E-state index in [2.05, 4.69) is 20.9 Å². The fourth-order valence-corrected chi connectivity index (χ4v) is 4.49. The number of aryl methyl sites for hydroxylation is 1. The molecule has 3 N–H and O–H groups in total. The molecule has 186 valence electrons. The molecule has 11 heteroatoms. The lowest BCUT2D eigenvalue weighted by molar-refractivity contribution is -0.125. The van der Waals surface area contributed by atoms with Crippen molar-refractivity contribution in [3.8, 4) is 0 Å². The molecular weight excluding hydrogens is 464 g/mol. The molecule has 36 heavy (non-hydrogen) atoms. The molecule has 2 aromatic heterocycles. The molecule has 0 aliphatic carbocycles. The van der Waals surface area contributed by atoms with Crippen LogP contribution in [0.3, 0.4) is 0 Å². The molecule has 0 radical (unpaired) electrons. The minimum Gasteiger partial charge on any atom is -0.456 e. The zero-order valence-electron chi connectivity index (χ0n) is 20.2. The van der Waals surface area contributed by atoms with E-state index >= 15 is 0 Å². The van der Waals surface area contributed by atoms with Gasteiger partial charge in [-0.15, -0.1) is 0 Å². The lowest BCUT2D eigenvalue weighted by Crippen LogP contribution is -2.52. The molecule has 11 nitrogen and oxygen atoms in total. The predicted octanol–water partition coefficient (Wildman–Crippen LogP) is 1.12. The third kappa shape index (κ3) is 4.07. The quantitative estimate of drug-likeness (QED) is 0.422. The SMILES string of the molecule is Cc1ccc2c(c1)C(=O)N(C[C@@]1(c3cc4nc(C(=O)NCCN(C)C)ccc4o3)NC(=O)NC1=O)C2. The number of benzene rings is 1. The highest BCUT2D eigenvalue weighted by Crippen LogP contribution is 2.34. The molecule has 4 heterocycles. The smallest absolute Gasteiger partial charge is 0.322 e. The summed E-state index contributed by atoms with van der Waals surface area (Å²) in [6.45, 7) is 3.22. The highest BCUT2D eigenvalue weighted by atomic mass is 16.3. The van der Waals surface area contributed by atoms with Crippen molar-refractivity contribution in [1.29, 1.82) is 0 Å². The summed E-state index contributed by atoms with van der Waals surface area (Å²) >= 11 is 0. The molecule has 0 saturated carbocycles. The number of carbonyl (C=O) groups is 4. The fourth-order valence-electron chi connectivity index (χ4n) is 4.49. The van der Waals surface area contributed by atoms with Crippen molar-refractivity contribution in [2.75, 3.05) is 33.7 Å². The van der Waals surface area contributed by atoms with Crippen LogP contribution in [0.2, 0.25) is 0 Å². The first kappa shape index (κ1) is 23.5. The maximum absolute atomic E-state index is 13.1. The lowest BCUT2D eigenvalue weighted by Gasteiger charge is -2.28. The number of hydrogen-bond acceptors (Lipinski definition) is 7. The van der Waals surface area contributed by atoms with Crippen molar-refractivity contribution in [3.05, 3.63) is 64.5 Å². The summed E-state index contributed by atoms with van der Waals surface area (Å²) in [5.41, 5.74) is 1.63. The maximum atomic E-state index is 13.1. The largest absolute Gasteiger partial charge is 0.456 e. The van der Waals surface area contributed by atoms with Gasteiger partial charge in [0.15, 0.2) is 11.1 Å². The Morgan fingerprint density at radius 1 is 1.19 bits per heavy atom. The number of furan rings is 1. The third-order valence-electron chi connectivity index (χ3n) is 6.39. The predicted molar refractivity (Wildman–Crippen MR) is 129 cm³/mol. The third-order valence-corrected chi connectivity index (χ3v) is 6.39. The van der Waals surface area contributed by atoms with E-state index in [4.69, 9.17) is 4.42 Å². The molecule has 0 unspecified atom stereocenters. The highest BCUT2D eigenvalue weighted by molar-refractivity contribution is 6.08. The summed E-state index contributed by atoms with van der Waals surface area (Å²) < 4.78 is 5.95. The Morgan fingerprint density at radius 3 is 2.72 bits per heavy atom. The number of pyridine rings is 1. The van der Waals surface area contributed by atoms with Gasteiger partial charge in [0, 0.05) is 31.3 Å². The maximum Gasteiger partial charge on any atom is 0.322 e. The summed E-state index contributed by atoms with van der Waals surface area (Å²) in [4.78, 5) is 58.7. The molecule has 5 rings (SSSR count). The second kappa shape index (κ2) is 8.76. The molecule has 1 atom stereocenters. The van der Waals surface area contributed by atoms with Gasteiger partial charge in [0.25, 0.3) is 17.7 Å². The van der Waals surface area contributed by atoms with E-state index in [1.165, 1.54) is 17.0 Å². The van der Waals surface area contributed by atoms with Crippen molar-refractivity contribution in [3.63, 3.8) is 0 Å². The van der Waals surface area contributed by atoms with Gasteiger partial charge < -0.3 is 24.9 Å². The van der Waals surface area contributed by atoms with E-state index in [9.17, 15) is 19.2 Å². The average Bonchev–Trinajstić information content (AvgIpc) is 3.47. The van der Waals surface area contributed by atoms with Gasteiger partial charge in [-0.25, -0.2) is 9.78 Å². The van der Waals surface area contributed by atoms with Crippen LogP contribution < -0.4 is 16.0 Å². The summed E-state index contributed by atoms with van der Waals surface area (Å²) in [6, 6.07) is 9.59. The van der Waals surface area contributed by atoms with Crippen LogP contribution in [-0.2, 0) is 16.9 Å². The molecule has 1 fully saturated rings. The van der Waals surface area contributed by atoms with E-state index in [1.54, 1.807) is 6.07 Å². The standard InChI is InChI=1S/C25H26N6O5/c1-14-4-5-15-12-31(22(33)16(15)10-14)13-25(23(34)28-24(35)29-25)20-11-18-19(36-20)7-6-17(27-18)21(32)26-8-9-30(2)3/h4-7,10-11H,8-9,12-13H2,1-3H3,(H,26,32)(H2,28,29,34,35)/t25-/m0/s1. The molecule has 1 saturated heterocycles. The van der Waals surface area contributed by atoms with Crippen molar-refractivity contribution in [2.45, 2.75) is 19.0 Å². The van der Waals surface area contributed by atoms with Crippen molar-refractivity contribution >= 4 is 34.9 Å². The van der Waals surface area contributed by atoms with Crippen molar-refractivity contribution < 1.29 is 23.6 Å². The first-order valence-electron chi connectivity index (χ1n) is 11.5. The number of hydrogen-bond donors (Lipinski definition) is 3. The number of fused-ring (bicyclic) bond motifs is 2. The number of amides is 5. The molecule has 1 aromatic carbocycles. The van der Waals surface area contributed by atoms with Gasteiger partial charge in [-0.3, -0.25) is 19.7 Å². The Kier molecular flexibility index (Phi) is 5.71. The number of carbonyl (C=O) groups excluding carboxylic acids is 4. The molecule has 0 bridgehead atoms. The van der Waals surface area contributed by atoms with Crippen molar-refractivity contribution in [2.24, 2.45) is 0 Å². The van der Waals surface area contributed by atoms with Crippen LogP contribution in [-0.4, -0.2) is 72.3 Å². The zero-order valence-corrected chi connectivity index (χ0v) is 20.2. The molecule has 2 aliphatic rings. The van der Waals surface area contributed by atoms with Gasteiger partial charge in [0.05, 0.1) is 6.54 Å². The summed E-state index contributed by atoms with van der Waals surface area (Å²) in [7, 11) is 3.82. The Bertz CT molecular complexity index is 1410. The topological polar surface area (TPSA) is 137 Å². The highest BCUT2D eigenvalue weighted by Gasteiger charge is 2.53. The van der Waals surface area contributed by atoms with Gasteiger partial charge in [-0.1, -0.05) is 17.7 Å². The van der Waals surface area contributed by atoms with Gasteiger partial charge in [-0.05, 0) is 44.8 Å². The van der Waals surface area contributed by atoms with Crippen LogP contribution in [0.1, 0.15) is 37.7 Å². The molecule has 2 aliphatic heterocycles. The molecule has 3 aromatic rings. The fraction of sp³-hybridized carbons (Fsp3) is 0.320. The number of imide groups is 1. The second-order valence-electron chi connectivity index (χ2n) is 9.39. The lowest BCUT2D eigenvalue weighted by atomic mass is 9.95. The van der Waals surface area contributed by atoms with Crippen LogP contribution in [0.25, 0.3) is 11.1 Å². The minimum atomic E-state index is -1.64. The van der Waals surface area contributed by atoms with Gasteiger partial charge in [0.1, 0.15) is 17.0 Å². The molecule has 0 spiro atoms. The van der Waals surface area contributed by atoms with E-state index in [-0.39, 0.29) is 29.8 Å². The number of urea groups is 1. The Balaban J connectivity index is 1.45. The normalized spacial score (nSPS) is 19.1.